The molecular weight excluding hydrogens is 248 g/mol. The first kappa shape index (κ1) is 12.5. The van der Waals surface area contributed by atoms with Crippen molar-refractivity contribution in [1.29, 1.82) is 0 Å². The van der Waals surface area contributed by atoms with E-state index in [0.29, 0.717) is 5.78 Å². The zero-order chi connectivity index (χ0) is 14.2. The Labute approximate surface area is 120 Å². The molecule has 20 heavy (non-hydrogen) atoms. The molecule has 3 nitrogen and oxygen atoms in total. The summed E-state index contributed by atoms with van der Waals surface area (Å²) in [4.78, 5) is 18.2. The average molecular weight is 270 g/mol. The summed E-state index contributed by atoms with van der Waals surface area (Å²) in [5.41, 5.74) is 0.753. The zero-order valence-electron chi connectivity index (χ0n) is 12.5. The smallest absolute Gasteiger partial charge is 0.154 e. The molecule has 4 aliphatic rings. The highest BCUT2D eigenvalue weighted by Crippen LogP contribution is 2.52. The minimum Gasteiger partial charge on any atom is -0.298 e. The quantitative estimate of drug-likeness (QED) is 0.778. The van der Waals surface area contributed by atoms with Gasteiger partial charge in [0.15, 0.2) is 5.78 Å². The van der Waals surface area contributed by atoms with Crippen LogP contribution >= 0.6 is 0 Å². The fourth-order valence-corrected chi connectivity index (χ4v) is 4.62. The molecule has 3 heteroatoms. The number of benzene rings is 1. The Morgan fingerprint density at radius 3 is 2.00 bits per heavy atom. The molecule has 0 N–H and O–H groups in total. The second kappa shape index (κ2) is 3.52. The van der Waals surface area contributed by atoms with E-state index in [0.717, 1.165) is 26.2 Å². The van der Waals surface area contributed by atoms with Gasteiger partial charge >= 0.3 is 0 Å². The van der Waals surface area contributed by atoms with Crippen LogP contribution in [0.2, 0.25) is 0 Å². The van der Waals surface area contributed by atoms with Crippen LogP contribution in [0.25, 0.3) is 0 Å². The van der Waals surface area contributed by atoms with Gasteiger partial charge in [0.2, 0.25) is 0 Å². The van der Waals surface area contributed by atoms with Crippen LogP contribution in [0.5, 0.6) is 0 Å². The van der Waals surface area contributed by atoms with Crippen molar-refractivity contribution >= 4 is 5.78 Å². The first-order valence-electron chi connectivity index (χ1n) is 7.49. The van der Waals surface area contributed by atoms with Gasteiger partial charge in [-0.2, -0.15) is 0 Å². The topological polar surface area (TPSA) is 23.6 Å². The van der Waals surface area contributed by atoms with Gasteiger partial charge in [-0.1, -0.05) is 37.3 Å². The lowest BCUT2D eigenvalue weighted by atomic mass is 9.57. The summed E-state index contributed by atoms with van der Waals surface area (Å²) in [7, 11) is 0. The van der Waals surface area contributed by atoms with E-state index >= 15 is 0 Å². The molecule has 4 fully saturated rings. The Bertz CT molecular complexity index is 560. The number of carbonyl (C=O) groups excluding carboxylic acids is 1. The molecule has 1 aromatic rings. The minimum atomic E-state index is -0.317. The lowest BCUT2D eigenvalue weighted by Gasteiger charge is -2.69. The molecule has 0 amide bonds. The predicted octanol–water partition coefficient (Wildman–Crippen LogP) is 1.88. The molecule has 0 aromatic heterocycles. The van der Waals surface area contributed by atoms with E-state index in [1.165, 1.54) is 5.56 Å². The lowest BCUT2D eigenvalue weighted by Crippen LogP contribution is -2.83. The second-order valence-electron chi connectivity index (χ2n) is 7.54. The largest absolute Gasteiger partial charge is 0.298 e. The lowest BCUT2D eigenvalue weighted by molar-refractivity contribution is -0.207. The Hall–Kier alpha value is -1.19. The van der Waals surface area contributed by atoms with Crippen LogP contribution in [0.3, 0.4) is 0 Å². The zero-order valence-corrected chi connectivity index (χ0v) is 12.5. The summed E-state index contributed by atoms with van der Waals surface area (Å²) in [5, 5.41) is 0. The first-order valence-corrected chi connectivity index (χ1v) is 7.49. The number of ketones is 1. The Morgan fingerprint density at radius 1 is 0.900 bits per heavy atom. The number of Topliss-reactive ketones (excluding diaryl/α,β-unsaturated/α-hetero) is 1. The molecule has 2 atom stereocenters. The Morgan fingerprint density at radius 2 is 1.45 bits per heavy atom. The van der Waals surface area contributed by atoms with Crippen LogP contribution in [0.4, 0.5) is 0 Å². The molecule has 4 heterocycles. The average Bonchev–Trinajstić information content (AvgIpc) is 2.40. The van der Waals surface area contributed by atoms with Crippen LogP contribution < -0.4 is 0 Å². The van der Waals surface area contributed by atoms with E-state index in [2.05, 4.69) is 54.8 Å². The van der Waals surface area contributed by atoms with E-state index in [9.17, 15) is 4.79 Å². The number of piperidine rings is 2. The van der Waals surface area contributed by atoms with Crippen molar-refractivity contribution in [1.82, 2.24) is 9.80 Å². The fraction of sp³-hybridized carbons (Fsp3) is 0.588. The molecule has 106 valence electrons. The third-order valence-electron chi connectivity index (χ3n) is 5.86. The summed E-state index contributed by atoms with van der Waals surface area (Å²) in [5.74, 6) is 0.458. The molecule has 0 saturated carbocycles. The number of rotatable bonds is 1. The SMILES string of the molecule is CC12CN3CC(c4ccccc4)(CN(C1)C3(C)C)C2=O. The summed E-state index contributed by atoms with van der Waals surface area (Å²) in [6.45, 7) is 10.3. The van der Waals surface area contributed by atoms with E-state index in [1.807, 2.05) is 6.07 Å². The summed E-state index contributed by atoms with van der Waals surface area (Å²) < 4.78 is 0. The summed E-state index contributed by atoms with van der Waals surface area (Å²) in [6, 6.07) is 10.4. The van der Waals surface area contributed by atoms with Crippen LogP contribution in [0.1, 0.15) is 26.3 Å². The molecule has 0 spiro atoms. The first-order chi connectivity index (χ1) is 9.38. The number of nitrogens with zero attached hydrogens (tertiary/aromatic N) is 2. The summed E-state index contributed by atoms with van der Waals surface area (Å²) in [6.07, 6.45) is 0. The maximum Gasteiger partial charge on any atom is 0.154 e. The van der Waals surface area contributed by atoms with Gasteiger partial charge in [0.1, 0.15) is 0 Å². The van der Waals surface area contributed by atoms with Crippen molar-refractivity contribution in [2.75, 3.05) is 26.2 Å². The molecule has 4 aliphatic heterocycles. The van der Waals surface area contributed by atoms with Crippen molar-refractivity contribution in [2.45, 2.75) is 31.8 Å². The molecule has 4 bridgehead atoms. The number of carbonyl (C=O) groups is 1. The van der Waals surface area contributed by atoms with E-state index < -0.39 is 0 Å². The molecule has 4 saturated heterocycles. The van der Waals surface area contributed by atoms with Gasteiger partial charge in [-0.25, -0.2) is 0 Å². The third-order valence-corrected chi connectivity index (χ3v) is 5.86. The monoisotopic (exact) mass is 270 g/mol. The molecular formula is C17H22N2O. The van der Waals surface area contributed by atoms with Gasteiger partial charge in [0, 0.05) is 26.2 Å². The number of hydrogen-bond acceptors (Lipinski definition) is 3. The maximum atomic E-state index is 13.2. The van der Waals surface area contributed by atoms with Gasteiger partial charge in [-0.3, -0.25) is 14.6 Å². The highest BCUT2D eigenvalue weighted by Gasteiger charge is 2.66. The minimum absolute atomic E-state index is 0.0818. The summed E-state index contributed by atoms with van der Waals surface area (Å²) >= 11 is 0. The van der Waals surface area contributed by atoms with Crippen LogP contribution in [0.15, 0.2) is 30.3 Å². The second-order valence-corrected chi connectivity index (χ2v) is 7.54. The standard InChI is InChI=1S/C17H22N2O/c1-15(2)18-9-16(3)10-19(15)12-17(11-18,14(16)20)13-7-5-4-6-8-13/h4-8H,9-12H2,1-3H3. The molecule has 1 aromatic carbocycles. The molecule has 0 aliphatic carbocycles. The van der Waals surface area contributed by atoms with Crippen molar-refractivity contribution < 1.29 is 4.79 Å². The highest BCUT2D eigenvalue weighted by molar-refractivity contribution is 5.97. The van der Waals surface area contributed by atoms with Gasteiger partial charge < -0.3 is 0 Å². The fourth-order valence-electron chi connectivity index (χ4n) is 4.62. The van der Waals surface area contributed by atoms with Gasteiger partial charge in [0.25, 0.3) is 0 Å². The molecule has 0 radical (unpaired) electrons. The van der Waals surface area contributed by atoms with Gasteiger partial charge in [0.05, 0.1) is 16.5 Å². The third kappa shape index (κ3) is 1.30. The van der Waals surface area contributed by atoms with Crippen molar-refractivity contribution in [2.24, 2.45) is 5.41 Å². The van der Waals surface area contributed by atoms with E-state index in [4.69, 9.17) is 0 Å². The van der Waals surface area contributed by atoms with Crippen molar-refractivity contribution in [3.05, 3.63) is 35.9 Å². The molecule has 5 rings (SSSR count). The highest BCUT2D eigenvalue weighted by atomic mass is 16.1. The normalized spacial score (nSPS) is 44.9. The van der Waals surface area contributed by atoms with Crippen molar-refractivity contribution in [3.8, 4) is 0 Å². The van der Waals surface area contributed by atoms with Gasteiger partial charge in [-0.15, -0.1) is 0 Å². The molecule has 2 unspecified atom stereocenters. The van der Waals surface area contributed by atoms with Crippen LogP contribution in [-0.2, 0) is 10.2 Å². The van der Waals surface area contributed by atoms with Gasteiger partial charge in [-0.05, 0) is 19.4 Å². The number of hydrogen-bond donors (Lipinski definition) is 0. The predicted molar refractivity (Wildman–Crippen MR) is 78.5 cm³/mol. The van der Waals surface area contributed by atoms with Crippen LogP contribution in [-0.4, -0.2) is 47.4 Å². The van der Waals surface area contributed by atoms with E-state index in [1.54, 1.807) is 0 Å². The maximum absolute atomic E-state index is 13.2. The Kier molecular flexibility index (Phi) is 2.21. The van der Waals surface area contributed by atoms with Crippen molar-refractivity contribution in [3.63, 3.8) is 0 Å². The van der Waals surface area contributed by atoms with Crippen LogP contribution in [0, 0.1) is 5.41 Å². The van der Waals surface area contributed by atoms with E-state index in [-0.39, 0.29) is 16.5 Å². The Balaban J connectivity index is 1.88.